The zero-order valence-electron chi connectivity index (χ0n) is 21.5. The standard InChI is InChI=1S/C31H23FN4O4/c1-16-20(3-2-4-26(16)36-15-17-13-18(32)5-7-21(17)30(36)38)22-9-10-24(29(33)37)28-27(22)23-8-6-19(14-25(23)34-28)35-11-12-40-31(35)39/h2-10,13-14,34H,11-12,15H2,1H3,(H2,33,37). The third kappa shape index (κ3) is 3.47. The van der Waals surface area contributed by atoms with E-state index in [1.807, 2.05) is 49.4 Å². The van der Waals surface area contributed by atoms with Crippen molar-refractivity contribution in [1.29, 1.82) is 0 Å². The van der Waals surface area contributed by atoms with Crippen LogP contribution < -0.4 is 15.5 Å². The SMILES string of the molecule is Cc1c(-c2ccc(C(N)=O)c3[nH]c4cc(N5CCOC5=O)ccc4c23)cccc1N1Cc2cc(F)ccc2C1=O. The molecule has 9 heteroatoms. The molecule has 0 unspecified atom stereocenters. The molecule has 0 aliphatic carbocycles. The van der Waals surface area contributed by atoms with Crippen LogP contribution in [0.1, 0.15) is 31.8 Å². The number of rotatable bonds is 4. The molecule has 2 aliphatic rings. The summed E-state index contributed by atoms with van der Waals surface area (Å²) >= 11 is 0. The monoisotopic (exact) mass is 534 g/mol. The topological polar surface area (TPSA) is 109 Å². The molecular formula is C31H23FN4O4. The molecule has 0 saturated carbocycles. The second-order valence-corrected chi connectivity index (χ2v) is 10.0. The lowest BCUT2D eigenvalue weighted by molar-refractivity contribution is 0.0990. The van der Waals surface area contributed by atoms with E-state index in [1.54, 1.807) is 15.9 Å². The molecular weight excluding hydrogens is 511 g/mol. The van der Waals surface area contributed by atoms with Crippen molar-refractivity contribution < 1.29 is 23.5 Å². The van der Waals surface area contributed by atoms with Gasteiger partial charge >= 0.3 is 6.09 Å². The average Bonchev–Trinajstić information content (AvgIpc) is 3.62. The number of primary amides is 1. The number of hydrogen-bond acceptors (Lipinski definition) is 4. The Balaban J connectivity index is 1.40. The number of carbonyl (C=O) groups is 3. The third-order valence-corrected chi connectivity index (χ3v) is 7.83. The number of nitrogens with one attached hydrogen (secondary N) is 1. The number of nitrogens with zero attached hydrogens (tertiary/aromatic N) is 2. The summed E-state index contributed by atoms with van der Waals surface area (Å²) < 4.78 is 18.9. The van der Waals surface area contributed by atoms with Gasteiger partial charge in [0.2, 0.25) is 0 Å². The quantitative estimate of drug-likeness (QED) is 0.311. The lowest BCUT2D eigenvalue weighted by Crippen LogP contribution is -2.24. The van der Waals surface area contributed by atoms with E-state index in [2.05, 4.69) is 4.98 Å². The fraction of sp³-hybridized carbons (Fsp3) is 0.129. The predicted octanol–water partition coefficient (Wildman–Crippen LogP) is 5.65. The number of halogens is 1. The van der Waals surface area contributed by atoms with Crippen molar-refractivity contribution in [2.45, 2.75) is 13.5 Å². The smallest absolute Gasteiger partial charge is 0.414 e. The Bertz CT molecular complexity index is 1930. The van der Waals surface area contributed by atoms with Crippen LogP contribution in [0.3, 0.4) is 0 Å². The Labute approximate surface area is 227 Å². The predicted molar refractivity (Wildman–Crippen MR) is 150 cm³/mol. The zero-order valence-corrected chi connectivity index (χ0v) is 21.5. The first-order valence-corrected chi connectivity index (χ1v) is 12.8. The highest BCUT2D eigenvalue weighted by molar-refractivity contribution is 6.21. The Kier molecular flexibility index (Phi) is 5.18. The number of ether oxygens (including phenoxy) is 1. The number of nitrogens with two attached hydrogens (primary N) is 1. The van der Waals surface area contributed by atoms with Gasteiger partial charge in [0.25, 0.3) is 11.8 Å². The van der Waals surface area contributed by atoms with Gasteiger partial charge in [-0.25, -0.2) is 9.18 Å². The van der Waals surface area contributed by atoms with E-state index in [9.17, 15) is 18.8 Å². The van der Waals surface area contributed by atoms with Crippen molar-refractivity contribution in [1.82, 2.24) is 4.98 Å². The van der Waals surface area contributed by atoms with Gasteiger partial charge in [-0.3, -0.25) is 14.5 Å². The molecule has 2 aliphatic heterocycles. The van der Waals surface area contributed by atoms with E-state index in [0.29, 0.717) is 41.0 Å². The summed E-state index contributed by atoms with van der Waals surface area (Å²) in [5, 5.41) is 1.66. The minimum Gasteiger partial charge on any atom is -0.447 e. The highest BCUT2D eigenvalue weighted by Crippen LogP contribution is 2.41. The van der Waals surface area contributed by atoms with Gasteiger partial charge in [0.15, 0.2) is 0 Å². The molecule has 7 rings (SSSR count). The van der Waals surface area contributed by atoms with Crippen LogP contribution >= 0.6 is 0 Å². The van der Waals surface area contributed by atoms with Gasteiger partial charge in [-0.1, -0.05) is 24.3 Å². The molecule has 3 amide bonds. The van der Waals surface area contributed by atoms with Crippen molar-refractivity contribution in [3.8, 4) is 11.1 Å². The molecule has 0 bridgehead atoms. The summed E-state index contributed by atoms with van der Waals surface area (Å²) in [7, 11) is 0. The molecule has 3 heterocycles. The van der Waals surface area contributed by atoms with E-state index in [0.717, 1.165) is 38.7 Å². The summed E-state index contributed by atoms with van der Waals surface area (Å²) in [6, 6.07) is 19.2. The minimum atomic E-state index is -0.565. The fourth-order valence-corrected chi connectivity index (χ4v) is 5.92. The van der Waals surface area contributed by atoms with E-state index in [4.69, 9.17) is 10.5 Å². The first kappa shape index (κ1) is 23.9. The first-order chi connectivity index (χ1) is 19.3. The lowest BCUT2D eigenvalue weighted by atomic mass is 9.93. The highest BCUT2D eigenvalue weighted by atomic mass is 19.1. The summed E-state index contributed by atoms with van der Waals surface area (Å²) in [5.41, 5.74) is 12.6. The number of hydrogen-bond donors (Lipinski definition) is 2. The summed E-state index contributed by atoms with van der Waals surface area (Å²) in [6.45, 7) is 3.01. The first-order valence-electron chi connectivity index (χ1n) is 12.8. The van der Waals surface area contributed by atoms with E-state index >= 15 is 0 Å². The maximum Gasteiger partial charge on any atom is 0.414 e. The van der Waals surface area contributed by atoms with Crippen LogP contribution in [0.5, 0.6) is 0 Å². The van der Waals surface area contributed by atoms with Crippen LogP contribution in [-0.4, -0.2) is 36.0 Å². The van der Waals surface area contributed by atoms with Crippen LogP contribution in [0.15, 0.2) is 66.7 Å². The molecule has 0 radical (unpaired) electrons. The van der Waals surface area contributed by atoms with Crippen molar-refractivity contribution in [3.05, 3.63) is 94.8 Å². The number of aromatic nitrogens is 1. The molecule has 5 aromatic rings. The van der Waals surface area contributed by atoms with E-state index in [1.165, 1.54) is 18.2 Å². The molecule has 4 aromatic carbocycles. The number of amides is 3. The molecule has 0 atom stereocenters. The normalized spacial score (nSPS) is 14.8. The van der Waals surface area contributed by atoms with Gasteiger partial charge in [0, 0.05) is 33.2 Å². The number of benzene rings is 4. The van der Waals surface area contributed by atoms with Crippen molar-refractivity contribution >= 4 is 51.1 Å². The van der Waals surface area contributed by atoms with Gasteiger partial charge in [0.1, 0.15) is 12.4 Å². The number of carbonyl (C=O) groups excluding carboxylic acids is 3. The van der Waals surface area contributed by atoms with Crippen LogP contribution in [0, 0.1) is 12.7 Å². The summed E-state index contributed by atoms with van der Waals surface area (Å²) in [4.78, 5) is 44.3. The highest BCUT2D eigenvalue weighted by Gasteiger charge is 2.31. The molecule has 1 saturated heterocycles. The van der Waals surface area contributed by atoms with Crippen LogP contribution in [0.25, 0.3) is 32.9 Å². The van der Waals surface area contributed by atoms with Gasteiger partial charge in [-0.05, 0) is 71.6 Å². The Morgan fingerprint density at radius 3 is 2.58 bits per heavy atom. The minimum absolute atomic E-state index is 0.176. The number of aromatic amines is 1. The second-order valence-electron chi connectivity index (χ2n) is 10.0. The van der Waals surface area contributed by atoms with Crippen LogP contribution in [0.2, 0.25) is 0 Å². The molecule has 40 heavy (non-hydrogen) atoms. The Morgan fingerprint density at radius 1 is 0.975 bits per heavy atom. The molecule has 0 spiro atoms. The third-order valence-electron chi connectivity index (χ3n) is 7.83. The average molecular weight is 535 g/mol. The summed E-state index contributed by atoms with van der Waals surface area (Å²) in [5.74, 6) is -1.12. The van der Waals surface area contributed by atoms with Gasteiger partial charge in [-0.15, -0.1) is 0 Å². The lowest BCUT2D eigenvalue weighted by Gasteiger charge is -2.21. The van der Waals surface area contributed by atoms with Gasteiger partial charge in [-0.2, -0.15) is 0 Å². The number of fused-ring (bicyclic) bond motifs is 4. The molecule has 198 valence electrons. The van der Waals surface area contributed by atoms with Crippen LogP contribution in [-0.2, 0) is 11.3 Å². The number of anilines is 2. The van der Waals surface area contributed by atoms with Gasteiger partial charge < -0.3 is 20.4 Å². The zero-order chi connectivity index (χ0) is 27.7. The largest absolute Gasteiger partial charge is 0.447 e. The molecule has 8 nitrogen and oxygen atoms in total. The van der Waals surface area contributed by atoms with E-state index < -0.39 is 12.0 Å². The van der Waals surface area contributed by atoms with Gasteiger partial charge in [0.05, 0.1) is 24.2 Å². The molecule has 1 aromatic heterocycles. The maximum atomic E-state index is 13.9. The van der Waals surface area contributed by atoms with Crippen molar-refractivity contribution in [2.24, 2.45) is 5.73 Å². The fourth-order valence-electron chi connectivity index (χ4n) is 5.92. The second kappa shape index (κ2) is 8.67. The molecule has 1 fully saturated rings. The maximum absolute atomic E-state index is 13.9. The van der Waals surface area contributed by atoms with Crippen molar-refractivity contribution in [3.63, 3.8) is 0 Å². The van der Waals surface area contributed by atoms with E-state index in [-0.39, 0.29) is 18.3 Å². The van der Waals surface area contributed by atoms with Crippen LogP contribution in [0.4, 0.5) is 20.6 Å². The Hall–Kier alpha value is -5.18. The summed E-state index contributed by atoms with van der Waals surface area (Å²) in [6.07, 6.45) is -0.400. The number of H-pyrrole nitrogens is 1. The van der Waals surface area contributed by atoms with Crippen molar-refractivity contribution in [2.75, 3.05) is 23.0 Å². The molecule has 3 N–H and O–H groups in total. The number of cyclic esters (lactones) is 1. The Morgan fingerprint density at radius 2 is 1.80 bits per heavy atom.